The third-order valence-electron chi connectivity index (χ3n) is 4.49. The van der Waals surface area contributed by atoms with Gasteiger partial charge in [0.15, 0.2) is 0 Å². The molecule has 1 aromatic heterocycles. The number of morpholine rings is 1. The molecular formula is C19H25N3O3. The summed E-state index contributed by atoms with van der Waals surface area (Å²) in [5.41, 5.74) is 2.07. The van der Waals surface area contributed by atoms with Crippen LogP contribution < -0.4 is 0 Å². The molecule has 6 heteroatoms. The molecule has 1 saturated heterocycles. The molecule has 1 amide bonds. The number of hydrogen-bond acceptors (Lipinski definition) is 4. The Morgan fingerprint density at radius 2 is 2.20 bits per heavy atom. The zero-order chi connectivity index (χ0) is 17.6. The molecule has 0 spiro atoms. The van der Waals surface area contributed by atoms with Crippen molar-refractivity contribution in [2.75, 3.05) is 19.8 Å². The highest BCUT2D eigenvalue weighted by Crippen LogP contribution is 2.15. The Kier molecular flexibility index (Phi) is 5.83. The molecule has 1 aliphatic rings. The fourth-order valence-electron chi connectivity index (χ4n) is 3.25. The van der Waals surface area contributed by atoms with Crippen molar-refractivity contribution in [3.05, 3.63) is 54.1 Å². The monoisotopic (exact) mass is 343 g/mol. The summed E-state index contributed by atoms with van der Waals surface area (Å²) in [5, 5.41) is 9.66. The molecule has 2 heterocycles. The van der Waals surface area contributed by atoms with E-state index >= 15 is 0 Å². The summed E-state index contributed by atoms with van der Waals surface area (Å²) in [7, 11) is 0. The maximum atomic E-state index is 12.8. The normalized spacial score (nSPS) is 19.0. The molecule has 1 aromatic carbocycles. The summed E-state index contributed by atoms with van der Waals surface area (Å²) in [4.78, 5) is 18.9. The lowest BCUT2D eigenvalue weighted by atomic mass is 10.1. The van der Waals surface area contributed by atoms with E-state index in [0.717, 1.165) is 5.69 Å². The first-order valence-corrected chi connectivity index (χ1v) is 8.71. The third-order valence-corrected chi connectivity index (χ3v) is 4.49. The smallest absolute Gasteiger partial charge is 0.228 e. The number of benzene rings is 1. The van der Waals surface area contributed by atoms with Gasteiger partial charge in [0.2, 0.25) is 5.91 Å². The van der Waals surface area contributed by atoms with Crippen molar-refractivity contribution in [2.24, 2.45) is 0 Å². The van der Waals surface area contributed by atoms with Gasteiger partial charge >= 0.3 is 0 Å². The number of ether oxygens (including phenoxy) is 1. The number of aromatic nitrogens is 2. The zero-order valence-electron chi connectivity index (χ0n) is 14.5. The van der Waals surface area contributed by atoms with Crippen LogP contribution >= 0.6 is 0 Å². The molecule has 0 saturated carbocycles. The second kappa shape index (κ2) is 8.27. The van der Waals surface area contributed by atoms with Crippen molar-refractivity contribution >= 4 is 5.91 Å². The Morgan fingerprint density at radius 3 is 2.96 bits per heavy atom. The van der Waals surface area contributed by atoms with Crippen LogP contribution in [0, 0.1) is 0 Å². The molecule has 1 N–H and O–H groups in total. The number of rotatable bonds is 6. The van der Waals surface area contributed by atoms with Gasteiger partial charge in [-0.3, -0.25) is 4.79 Å². The third kappa shape index (κ3) is 4.67. The fraction of sp³-hybridized carbons (Fsp3) is 0.474. The predicted octanol–water partition coefficient (Wildman–Crippen LogP) is 1.47. The van der Waals surface area contributed by atoms with Crippen LogP contribution in [-0.2, 0) is 22.5 Å². The summed E-state index contributed by atoms with van der Waals surface area (Å²) in [5.74, 6) is 0.0590. The van der Waals surface area contributed by atoms with Gasteiger partial charge in [-0.2, -0.15) is 0 Å². The van der Waals surface area contributed by atoms with E-state index in [1.165, 1.54) is 5.56 Å². The molecule has 3 rings (SSSR count). The van der Waals surface area contributed by atoms with Crippen LogP contribution in [0.5, 0.6) is 0 Å². The average molecular weight is 343 g/mol. The second-order valence-electron chi connectivity index (χ2n) is 6.58. The number of carbonyl (C=O) groups excluding carboxylic acids is 1. The first kappa shape index (κ1) is 17.6. The highest BCUT2D eigenvalue weighted by atomic mass is 16.5. The SMILES string of the molecule is C[C@H](O)C[C@H]1COCCN1C(=O)Cc1cncn1Cc1ccccc1. The van der Waals surface area contributed by atoms with Crippen LogP contribution in [0.25, 0.3) is 0 Å². The molecule has 2 atom stereocenters. The number of aliphatic hydroxyl groups excluding tert-OH is 1. The number of nitrogens with zero attached hydrogens (tertiary/aromatic N) is 3. The lowest BCUT2D eigenvalue weighted by molar-refractivity contribution is -0.140. The largest absolute Gasteiger partial charge is 0.393 e. The van der Waals surface area contributed by atoms with Gasteiger partial charge in [0.05, 0.1) is 38.1 Å². The van der Waals surface area contributed by atoms with E-state index in [1.54, 1.807) is 19.4 Å². The molecule has 1 aliphatic heterocycles. The van der Waals surface area contributed by atoms with E-state index < -0.39 is 6.10 Å². The minimum absolute atomic E-state index is 0.0590. The van der Waals surface area contributed by atoms with Crippen molar-refractivity contribution in [3.63, 3.8) is 0 Å². The lowest BCUT2D eigenvalue weighted by Crippen LogP contribution is -2.50. The van der Waals surface area contributed by atoms with Crippen molar-refractivity contribution in [3.8, 4) is 0 Å². The molecule has 0 bridgehead atoms. The van der Waals surface area contributed by atoms with Crippen LogP contribution in [0.3, 0.4) is 0 Å². The zero-order valence-corrected chi connectivity index (χ0v) is 14.5. The van der Waals surface area contributed by atoms with E-state index in [2.05, 4.69) is 17.1 Å². The summed E-state index contributed by atoms with van der Waals surface area (Å²) < 4.78 is 7.49. The van der Waals surface area contributed by atoms with Crippen LogP contribution in [0.4, 0.5) is 0 Å². The van der Waals surface area contributed by atoms with Gasteiger partial charge in [0, 0.05) is 25.0 Å². The van der Waals surface area contributed by atoms with Gasteiger partial charge in [0.25, 0.3) is 0 Å². The van der Waals surface area contributed by atoms with Gasteiger partial charge in [0.1, 0.15) is 0 Å². The van der Waals surface area contributed by atoms with Crippen LogP contribution in [0.2, 0.25) is 0 Å². The summed E-state index contributed by atoms with van der Waals surface area (Å²) in [6.07, 6.45) is 3.91. The first-order valence-electron chi connectivity index (χ1n) is 8.71. The highest BCUT2D eigenvalue weighted by Gasteiger charge is 2.28. The Hall–Kier alpha value is -2.18. The quantitative estimate of drug-likeness (QED) is 0.862. The Labute approximate surface area is 148 Å². The van der Waals surface area contributed by atoms with E-state index in [0.29, 0.717) is 39.1 Å². The molecular weight excluding hydrogens is 318 g/mol. The average Bonchev–Trinajstić information content (AvgIpc) is 3.02. The Bertz CT molecular complexity index is 684. The van der Waals surface area contributed by atoms with Crippen molar-refractivity contribution in [2.45, 2.75) is 38.5 Å². The van der Waals surface area contributed by atoms with Gasteiger partial charge in [-0.1, -0.05) is 30.3 Å². The molecule has 25 heavy (non-hydrogen) atoms. The summed E-state index contributed by atoms with van der Waals surface area (Å²) in [6, 6.07) is 10.1. The lowest BCUT2D eigenvalue weighted by Gasteiger charge is -2.36. The molecule has 0 aliphatic carbocycles. The van der Waals surface area contributed by atoms with Gasteiger partial charge in [-0.05, 0) is 18.9 Å². The van der Waals surface area contributed by atoms with E-state index in [9.17, 15) is 9.90 Å². The maximum Gasteiger partial charge on any atom is 0.228 e. The molecule has 6 nitrogen and oxygen atoms in total. The molecule has 0 unspecified atom stereocenters. The van der Waals surface area contributed by atoms with E-state index in [4.69, 9.17) is 4.74 Å². The first-order chi connectivity index (χ1) is 12.1. The standard InChI is InChI=1S/C19H25N3O3/c1-15(23)9-18-13-25-8-7-22(18)19(24)10-17-11-20-14-21(17)12-16-5-3-2-4-6-16/h2-6,11,14-15,18,23H,7-10,12-13H2,1H3/t15-,18-/m0/s1. The van der Waals surface area contributed by atoms with Crippen LogP contribution in [-0.4, -0.2) is 57.4 Å². The van der Waals surface area contributed by atoms with Crippen molar-refractivity contribution in [1.82, 2.24) is 14.5 Å². The Balaban J connectivity index is 1.67. The number of aliphatic hydroxyl groups is 1. The summed E-state index contributed by atoms with van der Waals surface area (Å²) >= 11 is 0. The van der Waals surface area contributed by atoms with Gasteiger partial charge < -0.3 is 19.3 Å². The minimum atomic E-state index is -0.453. The maximum absolute atomic E-state index is 12.8. The topological polar surface area (TPSA) is 67.6 Å². The van der Waals surface area contributed by atoms with Crippen LogP contribution in [0.1, 0.15) is 24.6 Å². The number of carbonyl (C=O) groups is 1. The number of hydrogen-bond donors (Lipinski definition) is 1. The minimum Gasteiger partial charge on any atom is -0.393 e. The molecule has 134 valence electrons. The van der Waals surface area contributed by atoms with Gasteiger partial charge in [-0.25, -0.2) is 4.98 Å². The summed E-state index contributed by atoms with van der Waals surface area (Å²) in [6.45, 7) is 4.05. The molecule has 1 fully saturated rings. The molecule has 0 radical (unpaired) electrons. The van der Waals surface area contributed by atoms with Crippen molar-refractivity contribution in [1.29, 1.82) is 0 Å². The van der Waals surface area contributed by atoms with E-state index in [1.807, 2.05) is 27.7 Å². The Morgan fingerprint density at radius 1 is 1.40 bits per heavy atom. The highest BCUT2D eigenvalue weighted by molar-refractivity contribution is 5.78. The number of amides is 1. The fourth-order valence-corrected chi connectivity index (χ4v) is 3.25. The van der Waals surface area contributed by atoms with Crippen LogP contribution in [0.15, 0.2) is 42.9 Å². The van der Waals surface area contributed by atoms with Gasteiger partial charge in [-0.15, -0.1) is 0 Å². The predicted molar refractivity (Wildman–Crippen MR) is 94.1 cm³/mol. The second-order valence-corrected chi connectivity index (χ2v) is 6.58. The number of imidazole rings is 1. The molecule has 2 aromatic rings. The van der Waals surface area contributed by atoms with E-state index in [-0.39, 0.29) is 11.9 Å². The van der Waals surface area contributed by atoms with Crippen molar-refractivity contribution < 1.29 is 14.6 Å².